The van der Waals surface area contributed by atoms with Crippen molar-refractivity contribution in [3.05, 3.63) is 75.6 Å². The summed E-state index contributed by atoms with van der Waals surface area (Å²) in [6.45, 7) is 3.58. The average molecular weight is 489 g/mol. The molecule has 0 saturated heterocycles. The lowest BCUT2D eigenvalue weighted by Crippen LogP contribution is -2.52. The minimum absolute atomic E-state index is 0.242. The predicted molar refractivity (Wildman–Crippen MR) is 132 cm³/mol. The third-order valence-electron chi connectivity index (χ3n) is 6.45. The SMILES string of the molecule is Cc1cc(=O)oc2cc(OCc3ccc(C(=O)OC(C)C(=O)NC4(C#N)CCCCC4)cc3)ccc12. The van der Waals surface area contributed by atoms with Crippen LogP contribution in [-0.4, -0.2) is 23.5 Å². The molecule has 1 saturated carbocycles. The Hall–Kier alpha value is -4.12. The van der Waals surface area contributed by atoms with Crippen molar-refractivity contribution in [2.45, 2.75) is 64.2 Å². The van der Waals surface area contributed by atoms with Crippen LogP contribution in [0.25, 0.3) is 11.0 Å². The smallest absolute Gasteiger partial charge is 0.338 e. The highest BCUT2D eigenvalue weighted by molar-refractivity contribution is 5.92. The molecule has 1 fully saturated rings. The van der Waals surface area contributed by atoms with Crippen molar-refractivity contribution in [2.75, 3.05) is 0 Å². The van der Waals surface area contributed by atoms with Gasteiger partial charge in [-0.15, -0.1) is 0 Å². The van der Waals surface area contributed by atoms with E-state index in [1.54, 1.807) is 36.4 Å². The molecular formula is C28H28N2O6. The van der Waals surface area contributed by atoms with E-state index in [9.17, 15) is 19.6 Å². The largest absolute Gasteiger partial charge is 0.489 e. The first-order valence-corrected chi connectivity index (χ1v) is 12.0. The van der Waals surface area contributed by atoms with E-state index >= 15 is 0 Å². The molecule has 1 N–H and O–H groups in total. The lowest BCUT2D eigenvalue weighted by molar-refractivity contribution is -0.130. The van der Waals surface area contributed by atoms with Crippen LogP contribution in [0.2, 0.25) is 0 Å². The van der Waals surface area contributed by atoms with Crippen molar-refractivity contribution in [2.24, 2.45) is 0 Å². The molecule has 1 aromatic heterocycles. The van der Waals surface area contributed by atoms with E-state index in [1.165, 1.54) is 13.0 Å². The maximum Gasteiger partial charge on any atom is 0.338 e. The Balaban J connectivity index is 1.32. The molecule has 2 aromatic carbocycles. The fourth-order valence-corrected chi connectivity index (χ4v) is 4.34. The van der Waals surface area contributed by atoms with Crippen LogP contribution in [0.15, 0.2) is 57.7 Å². The molecule has 0 bridgehead atoms. The van der Waals surface area contributed by atoms with Crippen molar-refractivity contribution in [1.29, 1.82) is 5.26 Å². The van der Waals surface area contributed by atoms with Gasteiger partial charge in [0.1, 0.15) is 23.5 Å². The molecule has 4 rings (SSSR count). The van der Waals surface area contributed by atoms with Crippen molar-refractivity contribution in [1.82, 2.24) is 5.32 Å². The zero-order chi connectivity index (χ0) is 25.7. The number of nitriles is 1. The zero-order valence-electron chi connectivity index (χ0n) is 20.3. The molecule has 0 spiro atoms. The zero-order valence-corrected chi connectivity index (χ0v) is 20.3. The third kappa shape index (κ3) is 5.74. The van der Waals surface area contributed by atoms with E-state index < -0.39 is 29.1 Å². The molecule has 3 aromatic rings. The molecule has 1 atom stereocenters. The number of aryl methyl sites for hydroxylation is 1. The second-order valence-electron chi connectivity index (χ2n) is 9.18. The van der Waals surface area contributed by atoms with Crippen LogP contribution >= 0.6 is 0 Å². The second-order valence-corrected chi connectivity index (χ2v) is 9.18. The Morgan fingerprint density at radius 2 is 1.83 bits per heavy atom. The molecule has 1 heterocycles. The van der Waals surface area contributed by atoms with Gasteiger partial charge in [0, 0.05) is 17.5 Å². The number of rotatable bonds is 7. The average Bonchev–Trinajstić information content (AvgIpc) is 2.87. The van der Waals surface area contributed by atoms with E-state index in [0.29, 0.717) is 29.7 Å². The van der Waals surface area contributed by atoms with Crippen LogP contribution in [0.5, 0.6) is 5.75 Å². The van der Waals surface area contributed by atoms with E-state index in [4.69, 9.17) is 13.9 Å². The molecule has 1 aliphatic rings. The molecule has 8 heteroatoms. The number of nitrogens with one attached hydrogen (secondary N) is 1. The normalized spacial score (nSPS) is 15.5. The van der Waals surface area contributed by atoms with Gasteiger partial charge < -0.3 is 19.2 Å². The van der Waals surface area contributed by atoms with Gasteiger partial charge in [0.25, 0.3) is 5.91 Å². The number of ether oxygens (including phenoxy) is 2. The van der Waals surface area contributed by atoms with E-state index in [1.807, 2.05) is 13.0 Å². The first-order valence-electron chi connectivity index (χ1n) is 12.0. The van der Waals surface area contributed by atoms with Gasteiger partial charge in [-0.1, -0.05) is 31.4 Å². The molecule has 8 nitrogen and oxygen atoms in total. The summed E-state index contributed by atoms with van der Waals surface area (Å²) in [5, 5.41) is 13.2. The number of hydrogen-bond donors (Lipinski definition) is 1. The summed E-state index contributed by atoms with van der Waals surface area (Å²) in [6, 6.07) is 15.7. The standard InChI is InChI=1S/C28H28N2O6/c1-18-14-25(31)36-24-15-22(10-11-23(18)24)34-16-20-6-8-21(9-7-20)27(33)35-19(2)26(32)30-28(17-29)12-4-3-5-13-28/h6-11,14-15,19H,3-5,12-13,16H2,1-2H3,(H,30,32). The molecule has 186 valence electrons. The topological polar surface area (TPSA) is 119 Å². The highest BCUT2D eigenvalue weighted by Gasteiger charge is 2.35. The van der Waals surface area contributed by atoms with Gasteiger partial charge in [0.15, 0.2) is 6.10 Å². The fraction of sp³-hybridized carbons (Fsp3) is 0.357. The van der Waals surface area contributed by atoms with Gasteiger partial charge in [-0.25, -0.2) is 9.59 Å². The van der Waals surface area contributed by atoms with Gasteiger partial charge in [-0.2, -0.15) is 5.26 Å². The van der Waals surface area contributed by atoms with Crippen molar-refractivity contribution >= 4 is 22.8 Å². The summed E-state index contributed by atoms with van der Waals surface area (Å²) < 4.78 is 16.4. The number of amides is 1. The number of hydrogen-bond acceptors (Lipinski definition) is 7. The summed E-state index contributed by atoms with van der Waals surface area (Å²) >= 11 is 0. The minimum atomic E-state index is -1.02. The first kappa shape index (κ1) is 25.0. The first-order chi connectivity index (χ1) is 17.3. The van der Waals surface area contributed by atoms with Gasteiger partial charge in [0.05, 0.1) is 11.6 Å². The number of carbonyl (C=O) groups excluding carboxylic acids is 2. The lowest BCUT2D eigenvalue weighted by atomic mass is 9.83. The Morgan fingerprint density at radius 3 is 2.53 bits per heavy atom. The highest BCUT2D eigenvalue weighted by atomic mass is 16.5. The Labute approximate surface area is 208 Å². The maximum absolute atomic E-state index is 12.6. The minimum Gasteiger partial charge on any atom is -0.489 e. The number of carbonyl (C=O) groups is 2. The van der Waals surface area contributed by atoms with Crippen LogP contribution < -0.4 is 15.7 Å². The monoisotopic (exact) mass is 488 g/mol. The number of fused-ring (bicyclic) bond motifs is 1. The fourth-order valence-electron chi connectivity index (χ4n) is 4.34. The van der Waals surface area contributed by atoms with Gasteiger partial charge >= 0.3 is 11.6 Å². The van der Waals surface area contributed by atoms with E-state index in [-0.39, 0.29) is 6.61 Å². The van der Waals surface area contributed by atoms with Crippen LogP contribution in [0.4, 0.5) is 0 Å². The van der Waals surface area contributed by atoms with Crippen molar-refractivity contribution in [3.8, 4) is 11.8 Å². The van der Waals surface area contributed by atoms with Gasteiger partial charge in [-0.3, -0.25) is 4.79 Å². The molecule has 0 aliphatic heterocycles. The Bertz CT molecular complexity index is 1360. The number of nitrogens with zero attached hydrogens (tertiary/aromatic N) is 1. The lowest BCUT2D eigenvalue weighted by Gasteiger charge is -2.32. The number of esters is 1. The molecule has 36 heavy (non-hydrogen) atoms. The Kier molecular flexibility index (Phi) is 7.39. The number of benzene rings is 2. The summed E-state index contributed by atoms with van der Waals surface area (Å²) in [6.07, 6.45) is 3.00. The van der Waals surface area contributed by atoms with E-state index in [0.717, 1.165) is 35.8 Å². The molecule has 0 radical (unpaired) electrons. The van der Waals surface area contributed by atoms with Gasteiger partial charge in [-0.05, 0) is 62.1 Å². The van der Waals surface area contributed by atoms with Crippen molar-refractivity contribution < 1.29 is 23.5 Å². The second kappa shape index (κ2) is 10.6. The van der Waals surface area contributed by atoms with Crippen LogP contribution in [0, 0.1) is 18.3 Å². The molecule has 1 aliphatic carbocycles. The highest BCUT2D eigenvalue weighted by Crippen LogP contribution is 2.28. The van der Waals surface area contributed by atoms with Crippen LogP contribution in [0.1, 0.15) is 60.5 Å². The molecule has 1 unspecified atom stereocenters. The molecular weight excluding hydrogens is 460 g/mol. The summed E-state index contributed by atoms with van der Waals surface area (Å²) in [5.41, 5.74) is 1.11. The quantitative estimate of drug-likeness (QED) is 0.382. The summed E-state index contributed by atoms with van der Waals surface area (Å²) in [7, 11) is 0. The van der Waals surface area contributed by atoms with E-state index in [2.05, 4.69) is 11.4 Å². The van der Waals surface area contributed by atoms with Gasteiger partial charge in [0.2, 0.25) is 0 Å². The third-order valence-corrected chi connectivity index (χ3v) is 6.45. The maximum atomic E-state index is 12.6. The predicted octanol–water partition coefficient (Wildman–Crippen LogP) is 4.57. The Morgan fingerprint density at radius 1 is 1.11 bits per heavy atom. The summed E-state index contributed by atoms with van der Waals surface area (Å²) in [5.74, 6) is -0.550. The van der Waals surface area contributed by atoms with Crippen LogP contribution in [-0.2, 0) is 16.1 Å². The van der Waals surface area contributed by atoms with Crippen LogP contribution in [0.3, 0.4) is 0 Å². The molecule has 1 amide bonds. The summed E-state index contributed by atoms with van der Waals surface area (Å²) in [4.78, 5) is 36.7. The van der Waals surface area contributed by atoms with Crippen molar-refractivity contribution in [3.63, 3.8) is 0 Å².